The molecule has 0 saturated carbocycles. The molecule has 0 aliphatic heterocycles. The summed E-state index contributed by atoms with van der Waals surface area (Å²) in [5.41, 5.74) is -4.31. The molecule has 0 amide bonds. The van der Waals surface area contributed by atoms with Gasteiger partial charge in [0.2, 0.25) is 0 Å². The number of nitrogens with one attached hydrogen (secondary N) is 1. The molecule has 28 heavy (non-hydrogen) atoms. The lowest BCUT2D eigenvalue weighted by atomic mass is 10.1. The zero-order chi connectivity index (χ0) is 21.5. The third-order valence-electron chi connectivity index (χ3n) is 3.28. The van der Waals surface area contributed by atoms with Gasteiger partial charge in [-0.1, -0.05) is 0 Å². The lowest BCUT2D eigenvalue weighted by molar-refractivity contribution is -0.392. The summed E-state index contributed by atoms with van der Waals surface area (Å²) in [5.74, 6) is 0. The van der Waals surface area contributed by atoms with Crippen LogP contribution in [0.2, 0.25) is 0 Å². The molecule has 0 fully saturated rings. The molecular weight excluding hydrogens is 719 g/mol. The molecule has 2 aromatic rings. The van der Waals surface area contributed by atoms with Crippen molar-refractivity contribution in [1.82, 2.24) is 0 Å². The van der Waals surface area contributed by atoms with Crippen molar-refractivity contribution in [3.05, 3.63) is 60.3 Å². The van der Waals surface area contributed by atoms with Crippen molar-refractivity contribution in [3.63, 3.8) is 0 Å². The second kappa shape index (κ2) is 8.53. The summed E-state index contributed by atoms with van der Waals surface area (Å²) in [6.45, 7) is 0. The van der Waals surface area contributed by atoms with Crippen LogP contribution in [0.15, 0.2) is 34.5 Å². The van der Waals surface area contributed by atoms with Crippen LogP contribution in [-0.4, -0.2) is 9.85 Å². The van der Waals surface area contributed by atoms with Gasteiger partial charge in [-0.15, -0.1) is 0 Å². The SMILES string of the molecule is O=[N+]([O-])c1cc(C(F)(F)F)cc([N+](=O)[O-])c1Nc1c(Br)c(Br)c(Br)c(Br)c1Br. The zero-order valence-electron chi connectivity index (χ0n) is 12.7. The Kier molecular flexibility index (Phi) is 7.17. The van der Waals surface area contributed by atoms with Crippen molar-refractivity contribution >= 4 is 102 Å². The lowest BCUT2D eigenvalue weighted by Gasteiger charge is -2.16. The van der Waals surface area contributed by atoms with Crippen LogP contribution < -0.4 is 5.32 Å². The van der Waals surface area contributed by atoms with Crippen LogP contribution in [0.5, 0.6) is 0 Å². The van der Waals surface area contributed by atoms with E-state index in [-0.39, 0.29) is 17.8 Å². The van der Waals surface area contributed by atoms with E-state index in [2.05, 4.69) is 85.0 Å². The van der Waals surface area contributed by atoms with Gasteiger partial charge in [-0.2, -0.15) is 13.2 Å². The van der Waals surface area contributed by atoms with Crippen LogP contribution in [-0.2, 0) is 6.18 Å². The summed E-state index contributed by atoms with van der Waals surface area (Å²) in [5, 5.41) is 25.2. The molecule has 0 heterocycles. The van der Waals surface area contributed by atoms with Crippen molar-refractivity contribution in [2.45, 2.75) is 6.18 Å². The number of nitrogens with zero attached hydrogens (tertiary/aromatic N) is 2. The van der Waals surface area contributed by atoms with E-state index in [0.29, 0.717) is 22.4 Å². The van der Waals surface area contributed by atoms with Crippen LogP contribution in [0.1, 0.15) is 5.56 Å². The Hall–Kier alpha value is -0.770. The van der Waals surface area contributed by atoms with Crippen LogP contribution in [0, 0.1) is 20.2 Å². The number of alkyl halides is 3. The minimum Gasteiger partial charge on any atom is -0.342 e. The number of rotatable bonds is 4. The summed E-state index contributed by atoms with van der Waals surface area (Å²) in [6.07, 6.45) is -5.00. The number of nitro groups is 2. The molecule has 7 nitrogen and oxygen atoms in total. The summed E-state index contributed by atoms with van der Waals surface area (Å²) in [4.78, 5) is 20.4. The van der Waals surface area contributed by atoms with Gasteiger partial charge in [0.15, 0.2) is 5.69 Å². The molecule has 0 spiro atoms. The zero-order valence-corrected chi connectivity index (χ0v) is 20.6. The van der Waals surface area contributed by atoms with E-state index >= 15 is 0 Å². The number of hydrogen-bond donors (Lipinski definition) is 1. The van der Waals surface area contributed by atoms with Gasteiger partial charge in [0, 0.05) is 25.6 Å². The average Bonchev–Trinajstić information content (AvgIpc) is 2.60. The molecule has 2 aromatic carbocycles. The Labute approximate surface area is 196 Å². The van der Waals surface area contributed by atoms with E-state index in [1.165, 1.54) is 0 Å². The Morgan fingerprint density at radius 2 is 1.11 bits per heavy atom. The lowest BCUT2D eigenvalue weighted by Crippen LogP contribution is -2.09. The molecule has 150 valence electrons. The monoisotopic (exact) mass is 717 g/mol. The molecule has 1 N–H and O–H groups in total. The Morgan fingerprint density at radius 3 is 1.43 bits per heavy atom. The highest BCUT2D eigenvalue weighted by Gasteiger charge is 2.38. The van der Waals surface area contributed by atoms with E-state index in [1.807, 2.05) is 0 Å². The van der Waals surface area contributed by atoms with Gasteiger partial charge in [0.1, 0.15) is 0 Å². The van der Waals surface area contributed by atoms with Crippen molar-refractivity contribution in [2.24, 2.45) is 0 Å². The second-order valence-electron chi connectivity index (χ2n) is 4.97. The number of anilines is 2. The van der Waals surface area contributed by atoms with Crippen molar-refractivity contribution in [2.75, 3.05) is 5.32 Å². The fourth-order valence-corrected chi connectivity index (χ4v) is 5.28. The van der Waals surface area contributed by atoms with Crippen molar-refractivity contribution in [1.29, 1.82) is 0 Å². The maximum atomic E-state index is 13.0. The molecule has 0 saturated heterocycles. The number of halogens is 8. The average molecular weight is 722 g/mol. The molecule has 0 atom stereocenters. The van der Waals surface area contributed by atoms with E-state index in [4.69, 9.17) is 0 Å². The fraction of sp³-hybridized carbons (Fsp3) is 0.0769. The predicted molar refractivity (Wildman–Crippen MR) is 113 cm³/mol. The topological polar surface area (TPSA) is 98.3 Å². The number of hydrogen-bond acceptors (Lipinski definition) is 5. The molecule has 0 unspecified atom stereocenters. The van der Waals surface area contributed by atoms with E-state index < -0.39 is 38.6 Å². The predicted octanol–water partition coefficient (Wildman–Crippen LogP) is 8.08. The minimum absolute atomic E-state index is 0.105. The fourth-order valence-electron chi connectivity index (χ4n) is 2.03. The first-order valence-electron chi connectivity index (χ1n) is 6.59. The highest BCUT2D eigenvalue weighted by Crippen LogP contribution is 2.50. The normalized spacial score (nSPS) is 11.4. The van der Waals surface area contributed by atoms with Gasteiger partial charge < -0.3 is 5.32 Å². The Bertz CT molecular complexity index is 952. The maximum Gasteiger partial charge on any atom is 0.416 e. The van der Waals surface area contributed by atoms with Gasteiger partial charge in [0.05, 0.1) is 30.0 Å². The van der Waals surface area contributed by atoms with Crippen molar-refractivity contribution < 1.29 is 23.0 Å². The Morgan fingerprint density at radius 1 is 0.750 bits per heavy atom. The van der Waals surface area contributed by atoms with Crippen LogP contribution >= 0.6 is 79.6 Å². The third-order valence-corrected chi connectivity index (χ3v) is 9.37. The molecular formula is C13H3Br5F3N3O4. The van der Waals surface area contributed by atoms with Gasteiger partial charge in [-0.05, 0) is 79.6 Å². The van der Waals surface area contributed by atoms with Crippen LogP contribution in [0.3, 0.4) is 0 Å². The molecule has 0 radical (unpaired) electrons. The van der Waals surface area contributed by atoms with E-state index in [1.54, 1.807) is 0 Å². The molecule has 0 aromatic heterocycles. The summed E-state index contributed by atoms with van der Waals surface area (Å²) >= 11 is 16.3. The molecule has 2 rings (SSSR count). The summed E-state index contributed by atoms with van der Waals surface area (Å²) in [7, 11) is 0. The molecule has 0 aliphatic carbocycles. The quantitative estimate of drug-likeness (QED) is 0.149. The van der Waals surface area contributed by atoms with Crippen molar-refractivity contribution in [3.8, 4) is 0 Å². The van der Waals surface area contributed by atoms with Crippen LogP contribution in [0.4, 0.5) is 35.9 Å². The standard InChI is InChI=1S/C13H3Br5F3N3O4/c14-6-7(15)9(17)12(10(18)8(6)16)22-11-4(23(25)26)1-3(13(19,20)21)2-5(11)24(27)28/h1-2,22H. The second-order valence-corrected chi connectivity index (χ2v) is 8.94. The first kappa shape index (κ1) is 23.5. The summed E-state index contributed by atoms with van der Waals surface area (Å²) in [6, 6.07) is 0.472. The molecule has 0 aliphatic rings. The smallest absolute Gasteiger partial charge is 0.342 e. The maximum absolute atomic E-state index is 13.0. The van der Waals surface area contributed by atoms with Gasteiger partial charge in [-0.25, -0.2) is 0 Å². The molecule has 15 heteroatoms. The van der Waals surface area contributed by atoms with Crippen LogP contribution in [0.25, 0.3) is 0 Å². The van der Waals surface area contributed by atoms with Gasteiger partial charge in [-0.3, -0.25) is 20.2 Å². The molecule has 0 bridgehead atoms. The largest absolute Gasteiger partial charge is 0.416 e. The third kappa shape index (κ3) is 4.52. The minimum atomic E-state index is -5.00. The summed E-state index contributed by atoms with van der Waals surface area (Å²) < 4.78 is 41.1. The number of nitro benzene ring substituents is 2. The first-order chi connectivity index (χ1) is 12.8. The Balaban J connectivity index is 2.84. The highest BCUT2D eigenvalue weighted by molar-refractivity contribution is 9.15. The highest BCUT2D eigenvalue weighted by atomic mass is 79.9. The van der Waals surface area contributed by atoms with Gasteiger partial charge in [0.25, 0.3) is 11.4 Å². The van der Waals surface area contributed by atoms with Gasteiger partial charge >= 0.3 is 6.18 Å². The van der Waals surface area contributed by atoms with E-state index in [0.717, 1.165) is 0 Å². The first-order valence-corrected chi connectivity index (χ1v) is 10.6. The number of benzene rings is 2. The van der Waals surface area contributed by atoms with E-state index in [9.17, 15) is 33.4 Å².